The van der Waals surface area contributed by atoms with Crippen molar-refractivity contribution in [3.05, 3.63) is 11.9 Å². The van der Waals surface area contributed by atoms with Crippen LogP contribution in [-0.4, -0.2) is 36.3 Å². The molecule has 102 valence electrons. The van der Waals surface area contributed by atoms with Crippen LogP contribution in [0.4, 0.5) is 11.6 Å². The van der Waals surface area contributed by atoms with Gasteiger partial charge in [0.1, 0.15) is 18.2 Å². The third-order valence-corrected chi connectivity index (χ3v) is 2.44. The van der Waals surface area contributed by atoms with E-state index in [0.29, 0.717) is 37.3 Å². The number of hydrogen-bond donors (Lipinski definition) is 2. The van der Waals surface area contributed by atoms with Gasteiger partial charge >= 0.3 is 0 Å². The topological polar surface area (TPSA) is 82.3 Å². The van der Waals surface area contributed by atoms with Gasteiger partial charge in [0, 0.05) is 19.8 Å². The van der Waals surface area contributed by atoms with Gasteiger partial charge in [0.15, 0.2) is 5.82 Å². The molecule has 1 heterocycles. The number of nitrogens with zero attached hydrogens (tertiary/aromatic N) is 2. The van der Waals surface area contributed by atoms with Gasteiger partial charge in [-0.2, -0.15) is 0 Å². The predicted molar refractivity (Wildman–Crippen MR) is 71.4 cm³/mol. The van der Waals surface area contributed by atoms with Gasteiger partial charge in [-0.15, -0.1) is 0 Å². The minimum Gasteiger partial charge on any atom is -0.384 e. The van der Waals surface area contributed by atoms with Crippen molar-refractivity contribution in [2.24, 2.45) is 0 Å². The maximum absolute atomic E-state index is 5.74. The van der Waals surface area contributed by atoms with Crippen molar-refractivity contribution >= 4 is 11.6 Å². The van der Waals surface area contributed by atoms with E-state index in [1.165, 1.54) is 0 Å². The number of methoxy groups -OCH3 is 1. The number of nitrogen functional groups attached to an aromatic ring is 1. The van der Waals surface area contributed by atoms with E-state index in [4.69, 9.17) is 15.2 Å². The molecule has 0 aliphatic heterocycles. The molecular formula is C12H22N4O2. The Hall–Kier alpha value is -1.40. The number of aromatic nitrogens is 2. The van der Waals surface area contributed by atoms with Gasteiger partial charge in [0.25, 0.3) is 0 Å². The molecule has 0 bridgehead atoms. The molecule has 1 aromatic rings. The lowest BCUT2D eigenvalue weighted by Gasteiger charge is -2.17. The molecule has 1 rings (SSSR count). The SMILES string of the molecule is CCOCc1nc(N)cc(NC(CC)COC)n1. The molecule has 1 unspecified atom stereocenters. The fourth-order valence-corrected chi connectivity index (χ4v) is 1.52. The monoisotopic (exact) mass is 254 g/mol. The molecule has 0 aromatic carbocycles. The molecule has 1 atom stereocenters. The third-order valence-electron chi connectivity index (χ3n) is 2.44. The first-order valence-corrected chi connectivity index (χ1v) is 6.16. The maximum Gasteiger partial charge on any atom is 0.158 e. The Morgan fingerprint density at radius 3 is 2.78 bits per heavy atom. The normalized spacial score (nSPS) is 12.4. The first-order valence-electron chi connectivity index (χ1n) is 6.16. The van der Waals surface area contributed by atoms with Gasteiger partial charge in [-0.1, -0.05) is 6.92 Å². The second kappa shape index (κ2) is 7.84. The molecule has 6 heteroatoms. The third kappa shape index (κ3) is 4.85. The van der Waals surface area contributed by atoms with Crippen molar-refractivity contribution in [2.45, 2.75) is 32.9 Å². The number of anilines is 2. The Bertz CT molecular complexity index is 360. The number of rotatable bonds is 8. The summed E-state index contributed by atoms with van der Waals surface area (Å²) >= 11 is 0. The minimum atomic E-state index is 0.212. The molecule has 3 N–H and O–H groups in total. The van der Waals surface area contributed by atoms with Crippen LogP contribution in [0.5, 0.6) is 0 Å². The van der Waals surface area contributed by atoms with E-state index in [1.807, 2.05) is 6.92 Å². The summed E-state index contributed by atoms with van der Waals surface area (Å²) < 4.78 is 10.4. The van der Waals surface area contributed by atoms with Crippen LogP contribution >= 0.6 is 0 Å². The average molecular weight is 254 g/mol. The number of ether oxygens (including phenoxy) is 2. The largest absolute Gasteiger partial charge is 0.384 e. The summed E-state index contributed by atoms with van der Waals surface area (Å²) in [6.07, 6.45) is 0.943. The molecule has 18 heavy (non-hydrogen) atoms. The van der Waals surface area contributed by atoms with Crippen molar-refractivity contribution < 1.29 is 9.47 Å². The van der Waals surface area contributed by atoms with Crippen molar-refractivity contribution in [3.63, 3.8) is 0 Å². The highest BCUT2D eigenvalue weighted by molar-refractivity contribution is 5.45. The molecule has 0 fully saturated rings. The molecule has 0 radical (unpaired) electrons. The molecular weight excluding hydrogens is 232 g/mol. The van der Waals surface area contributed by atoms with E-state index in [2.05, 4.69) is 22.2 Å². The van der Waals surface area contributed by atoms with E-state index in [1.54, 1.807) is 13.2 Å². The molecule has 0 aliphatic carbocycles. The lowest BCUT2D eigenvalue weighted by Crippen LogP contribution is -2.25. The van der Waals surface area contributed by atoms with E-state index in [-0.39, 0.29) is 6.04 Å². The van der Waals surface area contributed by atoms with Gasteiger partial charge in [0.05, 0.1) is 12.6 Å². The molecule has 6 nitrogen and oxygen atoms in total. The molecule has 0 spiro atoms. The summed E-state index contributed by atoms with van der Waals surface area (Å²) in [7, 11) is 1.68. The second-order valence-corrected chi connectivity index (χ2v) is 3.94. The zero-order valence-electron chi connectivity index (χ0n) is 11.3. The van der Waals surface area contributed by atoms with Crippen LogP contribution in [0.15, 0.2) is 6.07 Å². The number of hydrogen-bond acceptors (Lipinski definition) is 6. The number of nitrogens with one attached hydrogen (secondary N) is 1. The van der Waals surface area contributed by atoms with Crippen LogP contribution in [0.1, 0.15) is 26.1 Å². The smallest absolute Gasteiger partial charge is 0.158 e. The highest BCUT2D eigenvalue weighted by Gasteiger charge is 2.08. The predicted octanol–water partition coefficient (Wildman–Crippen LogP) is 1.43. The van der Waals surface area contributed by atoms with Crippen molar-refractivity contribution in [1.29, 1.82) is 0 Å². The average Bonchev–Trinajstić information content (AvgIpc) is 2.35. The standard InChI is InChI=1S/C12H22N4O2/c1-4-9(7-17-3)14-11-6-10(13)15-12(16-11)8-18-5-2/h6,9H,4-5,7-8H2,1-3H3,(H3,13,14,15,16). The Balaban J connectivity index is 2.71. The van der Waals surface area contributed by atoms with E-state index < -0.39 is 0 Å². The lowest BCUT2D eigenvalue weighted by atomic mass is 10.2. The Morgan fingerprint density at radius 1 is 1.39 bits per heavy atom. The van der Waals surface area contributed by atoms with Crippen LogP contribution in [0.3, 0.4) is 0 Å². The summed E-state index contributed by atoms with van der Waals surface area (Å²) in [6.45, 7) is 5.64. The van der Waals surface area contributed by atoms with Gasteiger partial charge in [-0.3, -0.25) is 0 Å². The molecule has 0 saturated heterocycles. The maximum atomic E-state index is 5.74. The fourth-order valence-electron chi connectivity index (χ4n) is 1.52. The first kappa shape index (κ1) is 14.7. The Kier molecular flexibility index (Phi) is 6.38. The highest BCUT2D eigenvalue weighted by atomic mass is 16.5. The lowest BCUT2D eigenvalue weighted by molar-refractivity contribution is 0.128. The van der Waals surface area contributed by atoms with Crippen molar-refractivity contribution in [1.82, 2.24) is 9.97 Å². The Morgan fingerprint density at radius 2 is 2.17 bits per heavy atom. The molecule has 0 aliphatic rings. The molecule has 1 aromatic heterocycles. The second-order valence-electron chi connectivity index (χ2n) is 3.94. The quantitative estimate of drug-likeness (QED) is 0.730. The summed E-state index contributed by atoms with van der Waals surface area (Å²) in [5.74, 6) is 1.74. The first-order chi connectivity index (χ1) is 8.69. The van der Waals surface area contributed by atoms with Gasteiger partial charge in [-0.25, -0.2) is 9.97 Å². The fraction of sp³-hybridized carbons (Fsp3) is 0.667. The summed E-state index contributed by atoms with van der Waals surface area (Å²) in [4.78, 5) is 8.48. The van der Waals surface area contributed by atoms with Gasteiger partial charge < -0.3 is 20.5 Å². The van der Waals surface area contributed by atoms with Crippen molar-refractivity contribution in [2.75, 3.05) is 31.4 Å². The summed E-state index contributed by atoms with van der Waals surface area (Å²) in [5.41, 5.74) is 5.74. The van der Waals surface area contributed by atoms with Crippen molar-refractivity contribution in [3.8, 4) is 0 Å². The van der Waals surface area contributed by atoms with Crippen LogP contribution in [-0.2, 0) is 16.1 Å². The van der Waals surface area contributed by atoms with E-state index >= 15 is 0 Å². The molecule has 0 amide bonds. The zero-order chi connectivity index (χ0) is 13.4. The minimum absolute atomic E-state index is 0.212. The van der Waals surface area contributed by atoms with Crippen LogP contribution in [0.2, 0.25) is 0 Å². The van der Waals surface area contributed by atoms with E-state index in [0.717, 1.165) is 6.42 Å². The van der Waals surface area contributed by atoms with Gasteiger partial charge in [0.2, 0.25) is 0 Å². The van der Waals surface area contributed by atoms with Crippen LogP contribution in [0, 0.1) is 0 Å². The number of nitrogens with two attached hydrogens (primary N) is 1. The van der Waals surface area contributed by atoms with E-state index in [9.17, 15) is 0 Å². The Labute approximate surface area is 108 Å². The summed E-state index contributed by atoms with van der Waals surface area (Å²) in [6, 6.07) is 1.93. The highest BCUT2D eigenvalue weighted by Crippen LogP contribution is 2.11. The zero-order valence-corrected chi connectivity index (χ0v) is 11.3. The summed E-state index contributed by atoms with van der Waals surface area (Å²) in [5, 5.41) is 3.28. The molecule has 0 saturated carbocycles. The van der Waals surface area contributed by atoms with Crippen LogP contribution < -0.4 is 11.1 Å². The van der Waals surface area contributed by atoms with Crippen LogP contribution in [0.25, 0.3) is 0 Å². The van der Waals surface area contributed by atoms with Gasteiger partial charge in [-0.05, 0) is 13.3 Å².